The number of carbonyl (C=O) groups excluding carboxylic acids is 2. The van der Waals surface area contributed by atoms with E-state index in [1.54, 1.807) is 0 Å². The Morgan fingerprint density at radius 1 is 0.957 bits per heavy atom. The molecule has 0 heterocycles. The first kappa shape index (κ1) is 23.5. The number of carboxylic acids is 2. The molecule has 0 aliphatic rings. The average molecular weight is 350 g/mol. The van der Waals surface area contributed by atoms with Gasteiger partial charge in [0.05, 0.1) is 6.42 Å². The number of carboxylic acid groups (broad SMARTS) is 2. The van der Waals surface area contributed by atoms with Crippen LogP contribution in [0.1, 0.15) is 51.9 Å². The number of amides is 2. The highest BCUT2D eigenvalue weighted by molar-refractivity contribution is 7.59. The summed E-state index contributed by atoms with van der Waals surface area (Å²) in [6, 6.07) is -1.26. The minimum atomic E-state index is -1.26. The lowest BCUT2D eigenvalue weighted by atomic mass is 10.1. The van der Waals surface area contributed by atoms with Crippen molar-refractivity contribution in [2.45, 2.75) is 57.9 Å². The van der Waals surface area contributed by atoms with Gasteiger partial charge in [-0.05, 0) is 6.42 Å². The maximum atomic E-state index is 11.7. The summed E-state index contributed by atoms with van der Waals surface area (Å²) in [7, 11) is 0. The van der Waals surface area contributed by atoms with Gasteiger partial charge in [0.25, 0.3) is 0 Å². The SMILES string of the molecule is CCCCCCCC(=O)NC(CC(=O)O)C(=O)NCC(=O)O.S. The topological polar surface area (TPSA) is 133 Å². The Balaban J connectivity index is 0. The van der Waals surface area contributed by atoms with Crippen molar-refractivity contribution < 1.29 is 29.4 Å². The van der Waals surface area contributed by atoms with Crippen LogP contribution in [-0.4, -0.2) is 46.6 Å². The fraction of sp³-hybridized carbons (Fsp3) is 0.714. The molecule has 0 aliphatic carbocycles. The molecule has 0 saturated heterocycles. The third kappa shape index (κ3) is 13.6. The Morgan fingerprint density at radius 2 is 1.57 bits per heavy atom. The lowest BCUT2D eigenvalue weighted by Crippen LogP contribution is -2.48. The van der Waals surface area contributed by atoms with Crippen molar-refractivity contribution in [1.29, 1.82) is 0 Å². The van der Waals surface area contributed by atoms with Crippen LogP contribution >= 0.6 is 13.5 Å². The van der Waals surface area contributed by atoms with E-state index >= 15 is 0 Å². The maximum absolute atomic E-state index is 11.7. The summed E-state index contributed by atoms with van der Waals surface area (Å²) in [5.41, 5.74) is 0. The van der Waals surface area contributed by atoms with Crippen molar-refractivity contribution in [3.05, 3.63) is 0 Å². The average Bonchev–Trinajstić information content (AvgIpc) is 2.43. The van der Waals surface area contributed by atoms with E-state index in [0.29, 0.717) is 6.42 Å². The molecular formula is C14H26N2O6S. The van der Waals surface area contributed by atoms with E-state index in [1.165, 1.54) is 0 Å². The number of hydrogen-bond acceptors (Lipinski definition) is 4. The monoisotopic (exact) mass is 350 g/mol. The second kappa shape index (κ2) is 13.9. The zero-order valence-corrected chi connectivity index (χ0v) is 14.3. The second-order valence-electron chi connectivity index (χ2n) is 4.99. The Bertz CT molecular complexity index is 403. The van der Waals surface area contributed by atoms with Gasteiger partial charge in [0.15, 0.2) is 0 Å². The zero-order valence-electron chi connectivity index (χ0n) is 13.3. The van der Waals surface area contributed by atoms with Crippen LogP contribution in [-0.2, 0) is 19.2 Å². The normalized spacial score (nSPS) is 11.0. The van der Waals surface area contributed by atoms with E-state index in [4.69, 9.17) is 10.2 Å². The van der Waals surface area contributed by atoms with E-state index in [0.717, 1.165) is 25.7 Å². The highest BCUT2D eigenvalue weighted by Crippen LogP contribution is 2.05. The Hall–Kier alpha value is -1.77. The smallest absolute Gasteiger partial charge is 0.322 e. The molecule has 0 aromatic carbocycles. The van der Waals surface area contributed by atoms with E-state index in [9.17, 15) is 19.2 Å². The van der Waals surface area contributed by atoms with Crippen LogP contribution in [0, 0.1) is 0 Å². The zero-order chi connectivity index (χ0) is 17.0. The molecule has 0 aromatic rings. The van der Waals surface area contributed by atoms with Gasteiger partial charge in [-0.2, -0.15) is 13.5 Å². The van der Waals surface area contributed by atoms with E-state index in [1.807, 2.05) is 0 Å². The van der Waals surface area contributed by atoms with Crippen molar-refractivity contribution in [1.82, 2.24) is 10.6 Å². The van der Waals surface area contributed by atoms with Gasteiger partial charge in [0.1, 0.15) is 12.6 Å². The highest BCUT2D eigenvalue weighted by Gasteiger charge is 2.23. The molecule has 0 rings (SSSR count). The third-order valence-corrected chi connectivity index (χ3v) is 2.95. The molecular weight excluding hydrogens is 324 g/mol. The fourth-order valence-electron chi connectivity index (χ4n) is 1.83. The van der Waals surface area contributed by atoms with Crippen molar-refractivity contribution in [3.8, 4) is 0 Å². The summed E-state index contributed by atoms with van der Waals surface area (Å²) >= 11 is 0. The third-order valence-electron chi connectivity index (χ3n) is 2.95. The summed E-state index contributed by atoms with van der Waals surface area (Å²) in [6.45, 7) is 1.46. The number of carbonyl (C=O) groups is 4. The molecule has 0 aliphatic heterocycles. The molecule has 8 nitrogen and oxygen atoms in total. The van der Waals surface area contributed by atoms with Gasteiger partial charge in [-0.25, -0.2) is 0 Å². The summed E-state index contributed by atoms with van der Waals surface area (Å²) in [5.74, 6) is -3.72. The maximum Gasteiger partial charge on any atom is 0.322 e. The number of nitrogens with one attached hydrogen (secondary N) is 2. The van der Waals surface area contributed by atoms with Gasteiger partial charge < -0.3 is 20.8 Å². The van der Waals surface area contributed by atoms with Crippen LogP contribution in [0.3, 0.4) is 0 Å². The summed E-state index contributed by atoms with van der Waals surface area (Å²) in [4.78, 5) is 44.5. The summed E-state index contributed by atoms with van der Waals surface area (Å²) < 4.78 is 0. The van der Waals surface area contributed by atoms with Gasteiger partial charge in [-0.15, -0.1) is 0 Å². The molecule has 0 bridgehead atoms. The van der Waals surface area contributed by atoms with Gasteiger partial charge in [-0.1, -0.05) is 32.6 Å². The van der Waals surface area contributed by atoms with E-state index in [2.05, 4.69) is 17.6 Å². The molecule has 2 amide bonds. The number of hydrogen-bond donors (Lipinski definition) is 4. The first-order chi connectivity index (χ1) is 10.4. The van der Waals surface area contributed by atoms with E-state index in [-0.39, 0.29) is 19.9 Å². The van der Waals surface area contributed by atoms with Crippen molar-refractivity contribution in [3.63, 3.8) is 0 Å². The molecule has 1 unspecified atom stereocenters. The van der Waals surface area contributed by atoms with Crippen LogP contribution in [0.4, 0.5) is 0 Å². The number of unbranched alkanes of at least 4 members (excludes halogenated alkanes) is 4. The fourth-order valence-corrected chi connectivity index (χ4v) is 1.83. The second-order valence-corrected chi connectivity index (χ2v) is 4.99. The molecule has 9 heteroatoms. The van der Waals surface area contributed by atoms with Gasteiger partial charge in [0, 0.05) is 6.42 Å². The van der Waals surface area contributed by atoms with Crippen LogP contribution in [0.2, 0.25) is 0 Å². The summed E-state index contributed by atoms with van der Waals surface area (Å²) in [6.07, 6.45) is 4.41. The molecule has 134 valence electrons. The Morgan fingerprint density at radius 3 is 2.09 bits per heavy atom. The largest absolute Gasteiger partial charge is 0.481 e. The Kier molecular flexibility index (Phi) is 14.2. The molecule has 0 saturated carbocycles. The van der Waals surface area contributed by atoms with E-state index < -0.39 is 42.8 Å². The van der Waals surface area contributed by atoms with Gasteiger partial charge in [-0.3, -0.25) is 19.2 Å². The lowest BCUT2D eigenvalue weighted by molar-refractivity contribution is -0.141. The molecule has 23 heavy (non-hydrogen) atoms. The minimum Gasteiger partial charge on any atom is -0.481 e. The van der Waals surface area contributed by atoms with Crippen molar-refractivity contribution in [2.24, 2.45) is 0 Å². The number of rotatable bonds is 12. The lowest BCUT2D eigenvalue weighted by Gasteiger charge is -2.16. The first-order valence-electron chi connectivity index (χ1n) is 7.37. The number of aliphatic carboxylic acids is 2. The van der Waals surface area contributed by atoms with Gasteiger partial charge >= 0.3 is 11.9 Å². The van der Waals surface area contributed by atoms with Crippen LogP contribution in [0.5, 0.6) is 0 Å². The first-order valence-corrected chi connectivity index (χ1v) is 7.37. The molecule has 0 fully saturated rings. The predicted octanol–water partition coefficient (Wildman–Crippen LogP) is 0.620. The molecule has 0 spiro atoms. The van der Waals surface area contributed by atoms with Crippen LogP contribution in [0.15, 0.2) is 0 Å². The molecule has 0 radical (unpaired) electrons. The van der Waals surface area contributed by atoms with Crippen LogP contribution in [0.25, 0.3) is 0 Å². The summed E-state index contributed by atoms with van der Waals surface area (Å²) in [5, 5.41) is 21.6. The van der Waals surface area contributed by atoms with Crippen molar-refractivity contribution >= 4 is 37.2 Å². The molecule has 1 atom stereocenters. The van der Waals surface area contributed by atoms with Crippen LogP contribution < -0.4 is 10.6 Å². The highest BCUT2D eigenvalue weighted by atomic mass is 32.1. The quantitative estimate of drug-likeness (QED) is 0.381. The molecule has 0 aromatic heterocycles. The van der Waals surface area contributed by atoms with Gasteiger partial charge in [0.2, 0.25) is 11.8 Å². The molecule has 4 N–H and O–H groups in total. The minimum absolute atomic E-state index is 0. The predicted molar refractivity (Wildman–Crippen MR) is 88.6 cm³/mol. The van der Waals surface area contributed by atoms with Crippen molar-refractivity contribution in [2.75, 3.05) is 6.54 Å². The standard InChI is InChI=1S/C14H24N2O6.H2S/c1-2-3-4-5-6-7-11(17)16-10(8-12(18)19)14(22)15-9-13(20)21;/h10H,2-9H2,1H3,(H,15,22)(H,16,17)(H,18,19)(H,20,21);1H2. The Labute approximate surface area is 142 Å².